The number of nitrogens with zero attached hydrogens (tertiary/aromatic N) is 1. The zero-order chi connectivity index (χ0) is 5.98. The number of aromatic nitrogens is 1. The lowest BCUT2D eigenvalue weighted by Gasteiger charge is -1.74. The van der Waals surface area contributed by atoms with E-state index in [0.717, 1.165) is 9.78 Å². The van der Waals surface area contributed by atoms with Gasteiger partial charge in [0.2, 0.25) is 0 Å². The van der Waals surface area contributed by atoms with Crippen LogP contribution < -0.4 is 4.78 Å². The van der Waals surface area contributed by atoms with Crippen molar-refractivity contribution in [1.82, 2.24) is 4.98 Å². The molecule has 0 amide bonds. The number of hydrogen-bond donors (Lipinski definition) is 1. The Balaban J connectivity index is 2.84. The van der Waals surface area contributed by atoms with E-state index >= 15 is 0 Å². The average molecular weight is 127 g/mol. The second kappa shape index (κ2) is 2.28. The zero-order valence-electron chi connectivity index (χ0n) is 4.59. The van der Waals surface area contributed by atoms with Crippen molar-refractivity contribution < 1.29 is 5.02 Å². The first-order valence-electron chi connectivity index (χ1n) is 2.35. The van der Waals surface area contributed by atoms with Gasteiger partial charge in [0.1, 0.15) is 0 Å². The third-order valence-corrected chi connectivity index (χ3v) is 1.72. The summed E-state index contributed by atoms with van der Waals surface area (Å²) < 4.78 is 0.933. The normalized spacial score (nSPS) is 9.25. The molecule has 1 N–H and O–H groups in total. The van der Waals surface area contributed by atoms with Crippen LogP contribution in [0.1, 0.15) is 5.01 Å². The van der Waals surface area contributed by atoms with Crippen molar-refractivity contribution in [3.8, 4) is 0 Å². The molecule has 1 aromatic heterocycles. The third kappa shape index (κ3) is 1.08. The van der Waals surface area contributed by atoms with E-state index < -0.39 is 0 Å². The molecule has 0 unspecified atom stereocenters. The summed E-state index contributed by atoms with van der Waals surface area (Å²) in [5, 5.41) is 9.53. The minimum absolute atomic E-state index is 0.117. The Morgan fingerprint density at radius 3 is 2.88 bits per heavy atom. The predicted molar refractivity (Wildman–Crippen MR) is 35.9 cm³/mol. The minimum Gasteiger partial charge on any atom is -0.449 e. The highest BCUT2D eigenvalue weighted by molar-refractivity contribution is 7.20. The summed E-state index contributed by atoms with van der Waals surface area (Å²) in [5.41, 5.74) is 0. The average Bonchev–Trinajstić information content (AvgIpc) is 2.14. The number of hydrogen-bond acceptors (Lipinski definition) is 3. The SMILES string of the molecule is Cc1ncc(BO)s1. The van der Waals surface area contributed by atoms with Crippen LogP contribution in [0, 0.1) is 6.92 Å². The Labute approximate surface area is 52.5 Å². The van der Waals surface area contributed by atoms with Gasteiger partial charge in [-0.25, -0.2) is 0 Å². The first-order chi connectivity index (χ1) is 3.83. The Morgan fingerprint density at radius 1 is 1.88 bits per heavy atom. The van der Waals surface area contributed by atoms with Gasteiger partial charge in [0.25, 0.3) is 0 Å². The molecule has 0 atom stereocenters. The molecule has 4 heteroatoms. The Kier molecular flexibility index (Phi) is 1.65. The Bertz CT molecular complexity index is 176. The summed E-state index contributed by atoms with van der Waals surface area (Å²) in [6.07, 6.45) is 1.69. The van der Waals surface area contributed by atoms with E-state index in [2.05, 4.69) is 4.98 Å². The van der Waals surface area contributed by atoms with Gasteiger partial charge in [0, 0.05) is 11.0 Å². The minimum atomic E-state index is 0.117. The molecule has 0 spiro atoms. The maximum atomic E-state index is 8.52. The van der Waals surface area contributed by atoms with Gasteiger partial charge in [-0.2, -0.15) is 0 Å². The lowest BCUT2D eigenvalue weighted by Crippen LogP contribution is -2.06. The predicted octanol–water partition coefficient (Wildman–Crippen LogP) is -0.579. The molecule has 1 rings (SSSR count). The molecule has 0 radical (unpaired) electrons. The van der Waals surface area contributed by atoms with E-state index in [1.165, 1.54) is 11.3 Å². The van der Waals surface area contributed by atoms with Crippen molar-refractivity contribution in [2.45, 2.75) is 6.92 Å². The molecule has 0 saturated carbocycles. The van der Waals surface area contributed by atoms with Crippen molar-refractivity contribution in [1.29, 1.82) is 0 Å². The summed E-state index contributed by atoms with van der Waals surface area (Å²) in [6, 6.07) is 0. The first kappa shape index (κ1) is 5.79. The summed E-state index contributed by atoms with van der Waals surface area (Å²) in [4.78, 5) is 3.95. The third-order valence-electron chi connectivity index (χ3n) is 0.825. The monoisotopic (exact) mass is 127 g/mol. The molecule has 42 valence electrons. The van der Waals surface area contributed by atoms with Gasteiger partial charge in [0.05, 0.1) is 5.01 Å². The Morgan fingerprint density at radius 2 is 2.62 bits per heavy atom. The molecule has 0 bridgehead atoms. The molecule has 0 aromatic carbocycles. The standard InChI is InChI=1S/C4H6BNOS/c1-3-6-2-4(5-7)8-3/h2,5,7H,1H3. The topological polar surface area (TPSA) is 33.1 Å². The first-order valence-corrected chi connectivity index (χ1v) is 3.17. The van der Waals surface area contributed by atoms with Crippen molar-refractivity contribution in [2.75, 3.05) is 0 Å². The molecule has 0 fully saturated rings. The van der Waals surface area contributed by atoms with Crippen molar-refractivity contribution in [3.63, 3.8) is 0 Å². The van der Waals surface area contributed by atoms with E-state index in [9.17, 15) is 0 Å². The van der Waals surface area contributed by atoms with Crippen LogP contribution in [0.4, 0.5) is 0 Å². The smallest absolute Gasteiger partial charge is 0.317 e. The van der Waals surface area contributed by atoms with Crippen molar-refractivity contribution in [3.05, 3.63) is 11.2 Å². The van der Waals surface area contributed by atoms with Gasteiger partial charge in [-0.3, -0.25) is 4.98 Å². The molecular formula is C4H6BNOS. The molecule has 1 heterocycles. The van der Waals surface area contributed by atoms with Gasteiger partial charge in [-0.1, -0.05) is 0 Å². The molecule has 0 saturated heterocycles. The molecule has 0 aliphatic carbocycles. The molecule has 0 aliphatic heterocycles. The quantitative estimate of drug-likeness (QED) is 0.512. The summed E-state index contributed by atoms with van der Waals surface area (Å²) in [7, 11) is 0.117. The molecule has 0 aliphatic rings. The van der Waals surface area contributed by atoms with Gasteiger partial charge < -0.3 is 5.02 Å². The van der Waals surface area contributed by atoms with Gasteiger partial charge in [-0.05, 0) is 6.92 Å². The number of thiazole rings is 1. The van der Waals surface area contributed by atoms with Crippen LogP contribution in [0.2, 0.25) is 0 Å². The van der Waals surface area contributed by atoms with Crippen molar-refractivity contribution >= 4 is 23.6 Å². The highest BCUT2D eigenvalue weighted by Crippen LogP contribution is 1.96. The van der Waals surface area contributed by atoms with E-state index in [4.69, 9.17) is 5.02 Å². The second-order valence-electron chi connectivity index (χ2n) is 1.50. The number of rotatable bonds is 1. The molecule has 8 heavy (non-hydrogen) atoms. The lowest BCUT2D eigenvalue weighted by atomic mass is 10.0. The Hall–Kier alpha value is -0.345. The van der Waals surface area contributed by atoms with Crippen LogP contribution in [-0.4, -0.2) is 17.5 Å². The highest BCUT2D eigenvalue weighted by atomic mass is 32.1. The van der Waals surface area contributed by atoms with E-state index in [1.807, 2.05) is 6.92 Å². The van der Waals surface area contributed by atoms with E-state index in [0.29, 0.717) is 0 Å². The summed E-state index contributed by atoms with van der Waals surface area (Å²) in [5.74, 6) is 0. The number of aryl methyl sites for hydroxylation is 1. The van der Waals surface area contributed by atoms with Crippen LogP contribution >= 0.6 is 11.3 Å². The van der Waals surface area contributed by atoms with Crippen LogP contribution in [0.15, 0.2) is 6.20 Å². The van der Waals surface area contributed by atoms with Gasteiger partial charge in [-0.15, -0.1) is 11.3 Å². The fourth-order valence-electron chi connectivity index (χ4n) is 0.478. The second-order valence-corrected chi connectivity index (χ2v) is 2.82. The maximum absolute atomic E-state index is 8.52. The van der Waals surface area contributed by atoms with Crippen LogP contribution in [0.25, 0.3) is 0 Å². The summed E-state index contributed by atoms with van der Waals surface area (Å²) >= 11 is 1.53. The van der Waals surface area contributed by atoms with E-state index in [-0.39, 0.29) is 7.48 Å². The largest absolute Gasteiger partial charge is 0.449 e. The van der Waals surface area contributed by atoms with Gasteiger partial charge >= 0.3 is 7.48 Å². The molecular weight excluding hydrogens is 121 g/mol. The summed E-state index contributed by atoms with van der Waals surface area (Å²) in [6.45, 7) is 1.92. The lowest BCUT2D eigenvalue weighted by molar-refractivity contribution is 0.616. The molecule has 2 nitrogen and oxygen atoms in total. The van der Waals surface area contributed by atoms with Gasteiger partial charge in [0.15, 0.2) is 0 Å². The zero-order valence-corrected chi connectivity index (χ0v) is 5.40. The fraction of sp³-hybridized carbons (Fsp3) is 0.250. The van der Waals surface area contributed by atoms with Crippen LogP contribution in [-0.2, 0) is 0 Å². The fourth-order valence-corrected chi connectivity index (χ4v) is 1.13. The van der Waals surface area contributed by atoms with Crippen LogP contribution in [0.5, 0.6) is 0 Å². The molecule has 1 aromatic rings. The highest BCUT2D eigenvalue weighted by Gasteiger charge is 1.94. The van der Waals surface area contributed by atoms with E-state index in [1.54, 1.807) is 6.20 Å². The maximum Gasteiger partial charge on any atom is 0.317 e. The van der Waals surface area contributed by atoms with Crippen molar-refractivity contribution in [2.24, 2.45) is 0 Å². The van der Waals surface area contributed by atoms with Crippen LogP contribution in [0.3, 0.4) is 0 Å².